The van der Waals surface area contributed by atoms with Gasteiger partial charge in [0.1, 0.15) is 6.07 Å². The number of halogens is 2. The third-order valence-corrected chi connectivity index (χ3v) is 3.02. The van der Waals surface area contributed by atoms with E-state index in [4.69, 9.17) is 5.26 Å². The van der Waals surface area contributed by atoms with Crippen molar-refractivity contribution in [3.05, 3.63) is 45.9 Å². The van der Waals surface area contributed by atoms with Crippen molar-refractivity contribution in [3.63, 3.8) is 0 Å². The summed E-state index contributed by atoms with van der Waals surface area (Å²) in [6.07, 6.45) is 0.630. The lowest BCUT2D eigenvalue weighted by molar-refractivity contribution is 0.508. The molecule has 92 valence electrons. The monoisotopic (exact) mass is 265 g/mol. The van der Waals surface area contributed by atoms with Gasteiger partial charge in [0.25, 0.3) is 0 Å². The van der Waals surface area contributed by atoms with Crippen molar-refractivity contribution in [3.8, 4) is 6.07 Å². The van der Waals surface area contributed by atoms with E-state index in [0.29, 0.717) is 13.0 Å². The van der Waals surface area contributed by atoms with Crippen molar-refractivity contribution >= 4 is 17.0 Å². The van der Waals surface area contributed by atoms with Gasteiger partial charge in [-0.3, -0.25) is 0 Å². The summed E-state index contributed by atoms with van der Waals surface area (Å²) in [6.45, 7) is 0.450. The number of anilines is 1. The third-order valence-electron chi connectivity index (χ3n) is 2.38. The maximum absolute atomic E-state index is 13.5. The summed E-state index contributed by atoms with van der Waals surface area (Å²) in [4.78, 5) is 4.08. The maximum Gasteiger partial charge on any atom is 0.183 e. The highest BCUT2D eigenvalue weighted by atomic mass is 32.1. The molecule has 0 spiro atoms. The Morgan fingerprint density at radius 3 is 2.83 bits per heavy atom. The number of aromatic nitrogens is 1. The van der Waals surface area contributed by atoms with Crippen molar-refractivity contribution in [2.75, 3.05) is 11.9 Å². The minimum Gasteiger partial charge on any atom is -0.382 e. The van der Waals surface area contributed by atoms with Crippen molar-refractivity contribution in [1.82, 2.24) is 4.98 Å². The first-order valence-electron chi connectivity index (χ1n) is 5.21. The number of hydrogen-bond donors (Lipinski definition) is 1. The van der Waals surface area contributed by atoms with Gasteiger partial charge in [0.05, 0.1) is 22.5 Å². The molecule has 0 atom stereocenters. The molecule has 0 fully saturated rings. The fraction of sp³-hybridized carbons (Fsp3) is 0.167. The molecule has 0 aliphatic rings. The first-order chi connectivity index (χ1) is 8.72. The fourth-order valence-corrected chi connectivity index (χ4v) is 2.05. The molecule has 0 aliphatic heterocycles. The third kappa shape index (κ3) is 2.63. The lowest BCUT2D eigenvalue weighted by Gasteiger charge is -2.07. The number of hydrogen-bond acceptors (Lipinski definition) is 4. The van der Waals surface area contributed by atoms with Crippen molar-refractivity contribution in [2.24, 2.45) is 0 Å². The molecule has 0 unspecified atom stereocenters. The summed E-state index contributed by atoms with van der Waals surface area (Å²) in [5.74, 6) is -2.14. The normalized spacial score (nSPS) is 10.1. The van der Waals surface area contributed by atoms with E-state index in [1.54, 1.807) is 11.6 Å². The molecule has 1 aromatic heterocycles. The number of nitrogens with zero attached hydrogens (tertiary/aromatic N) is 2. The van der Waals surface area contributed by atoms with E-state index in [2.05, 4.69) is 10.3 Å². The van der Waals surface area contributed by atoms with Crippen LogP contribution in [0.15, 0.2) is 23.0 Å². The Hall–Kier alpha value is -2.00. The molecule has 0 saturated carbocycles. The Balaban J connectivity index is 2.02. The van der Waals surface area contributed by atoms with Crippen LogP contribution in [0, 0.1) is 23.0 Å². The van der Waals surface area contributed by atoms with Crippen molar-refractivity contribution < 1.29 is 8.78 Å². The lowest BCUT2D eigenvalue weighted by Crippen LogP contribution is -2.08. The zero-order valence-electron chi connectivity index (χ0n) is 9.28. The van der Waals surface area contributed by atoms with Crippen LogP contribution in [-0.2, 0) is 6.42 Å². The second kappa shape index (κ2) is 5.56. The topological polar surface area (TPSA) is 48.7 Å². The summed E-state index contributed by atoms with van der Waals surface area (Å²) >= 11 is 1.49. The molecule has 0 saturated heterocycles. The maximum atomic E-state index is 13.5. The molecule has 1 heterocycles. The Labute approximate surface area is 107 Å². The summed E-state index contributed by atoms with van der Waals surface area (Å²) < 4.78 is 26.8. The van der Waals surface area contributed by atoms with E-state index in [1.807, 2.05) is 5.38 Å². The van der Waals surface area contributed by atoms with Gasteiger partial charge in [-0.2, -0.15) is 5.26 Å². The molecule has 0 radical (unpaired) electrons. The van der Waals surface area contributed by atoms with Gasteiger partial charge in [-0.15, -0.1) is 11.3 Å². The molecule has 2 aromatic rings. The summed E-state index contributed by atoms with van der Waals surface area (Å²) in [5, 5.41) is 13.2. The molecule has 18 heavy (non-hydrogen) atoms. The number of thiazole rings is 1. The SMILES string of the molecule is N#Cc1ccc(NCCc2cscn2)c(F)c1F. The highest BCUT2D eigenvalue weighted by molar-refractivity contribution is 7.07. The summed E-state index contributed by atoms with van der Waals surface area (Å²) in [5.41, 5.74) is 2.39. The Morgan fingerprint density at radius 1 is 1.33 bits per heavy atom. The second-order valence-electron chi connectivity index (χ2n) is 3.56. The smallest absolute Gasteiger partial charge is 0.183 e. The first kappa shape index (κ1) is 12.5. The van der Waals surface area contributed by atoms with Gasteiger partial charge in [0.15, 0.2) is 11.6 Å². The van der Waals surface area contributed by atoms with Crippen LogP contribution in [0.5, 0.6) is 0 Å². The van der Waals surface area contributed by atoms with Gasteiger partial charge in [-0.25, -0.2) is 13.8 Å². The van der Waals surface area contributed by atoms with E-state index in [1.165, 1.54) is 23.5 Å². The second-order valence-corrected chi connectivity index (χ2v) is 4.28. The molecule has 0 amide bonds. The lowest BCUT2D eigenvalue weighted by atomic mass is 10.2. The van der Waals surface area contributed by atoms with Gasteiger partial charge in [0.2, 0.25) is 0 Å². The molecule has 0 aliphatic carbocycles. The zero-order chi connectivity index (χ0) is 13.0. The molecular formula is C12H9F2N3S. The Kier molecular flexibility index (Phi) is 3.85. The van der Waals surface area contributed by atoms with E-state index >= 15 is 0 Å². The molecule has 1 N–H and O–H groups in total. The van der Waals surface area contributed by atoms with E-state index < -0.39 is 11.6 Å². The standard InChI is InChI=1S/C12H9F2N3S/c13-11-8(5-15)1-2-10(12(11)14)16-4-3-9-6-18-7-17-9/h1-2,6-7,16H,3-4H2. The van der Waals surface area contributed by atoms with Crippen LogP contribution < -0.4 is 5.32 Å². The average molecular weight is 265 g/mol. The van der Waals surface area contributed by atoms with Gasteiger partial charge < -0.3 is 5.32 Å². The van der Waals surface area contributed by atoms with Gasteiger partial charge >= 0.3 is 0 Å². The van der Waals surface area contributed by atoms with Crippen molar-refractivity contribution in [1.29, 1.82) is 5.26 Å². The van der Waals surface area contributed by atoms with Gasteiger partial charge in [-0.1, -0.05) is 0 Å². The van der Waals surface area contributed by atoms with E-state index in [-0.39, 0.29) is 11.3 Å². The Bertz CT molecular complexity index is 576. The van der Waals surface area contributed by atoms with Crippen LogP contribution in [-0.4, -0.2) is 11.5 Å². The summed E-state index contributed by atoms with van der Waals surface area (Å²) in [7, 11) is 0. The van der Waals surface area contributed by atoms with Crippen LogP contribution in [0.1, 0.15) is 11.3 Å². The van der Waals surface area contributed by atoms with E-state index in [9.17, 15) is 8.78 Å². The highest BCUT2D eigenvalue weighted by Gasteiger charge is 2.12. The van der Waals surface area contributed by atoms with Crippen LogP contribution in [0.25, 0.3) is 0 Å². The number of nitriles is 1. The predicted octanol–water partition coefficient (Wildman–Crippen LogP) is 2.95. The zero-order valence-corrected chi connectivity index (χ0v) is 10.1. The van der Waals surface area contributed by atoms with Crippen LogP contribution in [0.2, 0.25) is 0 Å². The molecule has 1 aromatic carbocycles. The summed E-state index contributed by atoms with van der Waals surface area (Å²) in [6, 6.07) is 4.20. The predicted molar refractivity (Wildman–Crippen MR) is 65.4 cm³/mol. The van der Waals surface area contributed by atoms with Crippen LogP contribution >= 0.6 is 11.3 Å². The number of nitrogens with one attached hydrogen (secondary N) is 1. The largest absolute Gasteiger partial charge is 0.382 e. The molecule has 6 heteroatoms. The quantitative estimate of drug-likeness (QED) is 0.924. The van der Waals surface area contributed by atoms with Crippen LogP contribution in [0.4, 0.5) is 14.5 Å². The fourth-order valence-electron chi connectivity index (χ4n) is 1.46. The highest BCUT2D eigenvalue weighted by Crippen LogP contribution is 2.20. The molecule has 3 nitrogen and oxygen atoms in total. The number of rotatable bonds is 4. The van der Waals surface area contributed by atoms with Gasteiger partial charge in [-0.05, 0) is 12.1 Å². The minimum absolute atomic E-state index is 0.0572. The number of benzene rings is 1. The molecule has 0 bridgehead atoms. The minimum atomic E-state index is -1.11. The molecule has 2 rings (SSSR count). The van der Waals surface area contributed by atoms with Gasteiger partial charge in [0, 0.05) is 18.3 Å². The molecular weight excluding hydrogens is 256 g/mol. The Morgan fingerprint density at radius 2 is 2.17 bits per heavy atom. The first-order valence-corrected chi connectivity index (χ1v) is 6.15. The van der Waals surface area contributed by atoms with Crippen molar-refractivity contribution in [2.45, 2.75) is 6.42 Å². The van der Waals surface area contributed by atoms with Crippen LogP contribution in [0.3, 0.4) is 0 Å². The van der Waals surface area contributed by atoms with E-state index in [0.717, 1.165) is 5.69 Å². The average Bonchev–Trinajstić information content (AvgIpc) is 2.88.